The molecule has 9 heteroatoms. The number of unbranched alkanes of at least 4 members (excludes halogenated alkanes) is 22. The number of rotatable bonds is 48. The molecule has 0 radical (unpaired) electrons. The lowest BCUT2D eigenvalue weighted by Gasteiger charge is -2.24. The third-order valence-electron chi connectivity index (χ3n) is 11.0. The van der Waals surface area contributed by atoms with Crippen molar-refractivity contribution in [3.05, 3.63) is 72.9 Å². The molecule has 8 nitrogen and oxygen atoms in total. The highest BCUT2D eigenvalue weighted by molar-refractivity contribution is 7.47. The number of ether oxygens (including phenoxy) is 2. The summed E-state index contributed by atoms with van der Waals surface area (Å²) >= 11 is 0. The number of likely N-dealkylation sites (N-methyl/N-ethyl adjacent to an activating group) is 1. The third-order valence-corrected chi connectivity index (χ3v) is 12.0. The van der Waals surface area contributed by atoms with E-state index in [0.717, 1.165) is 70.6 Å². The molecule has 0 saturated heterocycles. The molecular weight excluding hydrogens is 818 g/mol. The first-order valence-electron chi connectivity index (χ1n) is 26.2. The van der Waals surface area contributed by atoms with Gasteiger partial charge in [-0.05, 0) is 83.5 Å². The van der Waals surface area contributed by atoms with Gasteiger partial charge >= 0.3 is 13.8 Å². The maximum atomic E-state index is 12.8. The molecule has 0 fully saturated rings. The van der Waals surface area contributed by atoms with Crippen LogP contribution in [0, 0.1) is 0 Å². The molecule has 0 aliphatic rings. The molecule has 2 atom stereocenters. The predicted octanol–water partition coefficient (Wildman–Crippen LogP) is 16.2. The van der Waals surface area contributed by atoms with E-state index >= 15 is 0 Å². The van der Waals surface area contributed by atoms with Gasteiger partial charge in [-0.3, -0.25) is 13.8 Å². The van der Waals surface area contributed by atoms with E-state index in [0.29, 0.717) is 24.1 Å². The van der Waals surface area contributed by atoms with Crippen LogP contribution >= 0.6 is 7.82 Å². The van der Waals surface area contributed by atoms with Crippen LogP contribution in [0.3, 0.4) is 0 Å². The van der Waals surface area contributed by atoms with Crippen molar-refractivity contribution in [3.8, 4) is 0 Å². The molecule has 0 amide bonds. The Morgan fingerprint density at radius 2 is 0.906 bits per heavy atom. The van der Waals surface area contributed by atoms with Gasteiger partial charge in [-0.2, -0.15) is 0 Å². The quantitative estimate of drug-likeness (QED) is 0.0214. The molecule has 0 bridgehead atoms. The number of quaternary nitrogens is 1. The Kier molecular flexibility index (Phi) is 45.9. The molecule has 2 unspecified atom stereocenters. The van der Waals surface area contributed by atoms with E-state index in [1.807, 2.05) is 21.1 Å². The summed E-state index contributed by atoms with van der Waals surface area (Å²) in [5.41, 5.74) is 0. The van der Waals surface area contributed by atoms with Gasteiger partial charge < -0.3 is 18.9 Å². The summed E-state index contributed by atoms with van der Waals surface area (Å²) in [7, 11) is 1.65. The smallest absolute Gasteiger partial charge is 0.457 e. The largest absolute Gasteiger partial charge is 0.472 e. The Hall–Kier alpha value is -2.06. The molecule has 0 aromatic heterocycles. The Morgan fingerprint density at radius 1 is 0.500 bits per heavy atom. The minimum atomic E-state index is -4.29. The van der Waals surface area contributed by atoms with E-state index < -0.39 is 13.9 Å². The van der Waals surface area contributed by atoms with Gasteiger partial charge in [0.25, 0.3) is 0 Å². The highest BCUT2D eigenvalue weighted by Gasteiger charge is 2.26. The third kappa shape index (κ3) is 50.9. The lowest BCUT2D eigenvalue weighted by molar-refractivity contribution is -0.870. The lowest BCUT2D eigenvalue weighted by Crippen LogP contribution is -2.37. The van der Waals surface area contributed by atoms with Crippen LogP contribution in [0.5, 0.6) is 0 Å². The molecule has 0 spiro atoms. The minimum absolute atomic E-state index is 0.0834. The average molecular weight is 919 g/mol. The Labute approximate surface area is 395 Å². The zero-order valence-electron chi connectivity index (χ0n) is 42.3. The molecule has 1 N–H and O–H groups in total. The maximum Gasteiger partial charge on any atom is 0.472 e. The first-order chi connectivity index (χ1) is 31.1. The van der Waals surface area contributed by atoms with Gasteiger partial charge in [0.2, 0.25) is 0 Å². The van der Waals surface area contributed by atoms with E-state index in [1.54, 1.807) is 0 Å². The van der Waals surface area contributed by atoms with Crippen LogP contribution in [-0.2, 0) is 27.9 Å². The predicted molar refractivity (Wildman–Crippen MR) is 275 cm³/mol. The first-order valence-corrected chi connectivity index (χ1v) is 27.7. The van der Waals surface area contributed by atoms with Crippen molar-refractivity contribution in [2.75, 3.05) is 54.1 Å². The standard InChI is InChI=1S/C55H100NO7P/c1-6-8-10-12-14-16-18-20-22-24-25-26-27-28-29-30-31-32-34-36-38-40-42-44-46-48-55(57)63-54(53-62-64(58,59)61-51-49-56(3,4)5)52-60-50-47-45-43-41-39-37-35-33-23-21-19-17-15-13-11-9-7-2/h8,10,14,16-17,19-20,22-23,25-26,33,54H,6-7,9,11-13,15,18,21,24,27-32,34-53H2,1-5H3/p+1/b10-8-,16-14-,19-17-,22-20-,26-25-,33-23-. The van der Waals surface area contributed by atoms with Crippen LogP contribution in [0.2, 0.25) is 0 Å². The average Bonchev–Trinajstić information content (AvgIpc) is 3.25. The van der Waals surface area contributed by atoms with Crippen LogP contribution in [0.1, 0.15) is 213 Å². The fraction of sp³-hybridized carbons (Fsp3) is 0.764. The Morgan fingerprint density at radius 3 is 1.36 bits per heavy atom. The summed E-state index contributed by atoms with van der Waals surface area (Å²) in [4.78, 5) is 23.0. The topological polar surface area (TPSA) is 91.3 Å². The van der Waals surface area contributed by atoms with Gasteiger partial charge in [0, 0.05) is 13.0 Å². The molecule has 0 aliphatic carbocycles. The second-order valence-corrected chi connectivity index (χ2v) is 20.0. The fourth-order valence-corrected chi connectivity index (χ4v) is 7.73. The van der Waals surface area contributed by atoms with Gasteiger partial charge in [-0.1, -0.05) is 196 Å². The van der Waals surface area contributed by atoms with Crippen LogP contribution in [0.25, 0.3) is 0 Å². The first kappa shape index (κ1) is 61.9. The number of allylic oxidation sites excluding steroid dienone is 12. The summed E-state index contributed by atoms with van der Waals surface area (Å²) in [6.45, 7) is 5.48. The van der Waals surface area contributed by atoms with E-state index in [-0.39, 0.29) is 25.8 Å². The molecule has 64 heavy (non-hydrogen) atoms. The van der Waals surface area contributed by atoms with E-state index in [4.69, 9.17) is 18.5 Å². The van der Waals surface area contributed by atoms with Crippen LogP contribution < -0.4 is 0 Å². The second kappa shape index (κ2) is 47.4. The Bertz CT molecular complexity index is 1250. The summed E-state index contributed by atoms with van der Waals surface area (Å²) in [5.74, 6) is -0.321. The normalized spacial score (nSPS) is 14.2. The summed E-state index contributed by atoms with van der Waals surface area (Å²) < 4.78 is 35.2. The number of phosphoric acid groups is 1. The van der Waals surface area contributed by atoms with Crippen molar-refractivity contribution in [2.24, 2.45) is 0 Å². The number of nitrogens with zero attached hydrogens (tertiary/aromatic N) is 1. The van der Waals surface area contributed by atoms with Gasteiger partial charge in [0.05, 0.1) is 34.4 Å². The van der Waals surface area contributed by atoms with Crippen LogP contribution in [0.4, 0.5) is 0 Å². The molecule has 0 rings (SSSR count). The SMILES string of the molecule is CC/C=C\C/C=C\C/C=C\C/C=C\CCCCCCCCCCCCCCC(=O)OC(COCCCCCCCC/C=C\C/C=C\CCCCCC)COP(=O)(O)OCC[N+](C)(C)C. The number of carbonyl (C=O) groups excluding carboxylic acids is 1. The van der Waals surface area contributed by atoms with E-state index in [2.05, 4.69) is 86.8 Å². The van der Waals surface area contributed by atoms with Gasteiger partial charge in [0.1, 0.15) is 19.3 Å². The van der Waals surface area contributed by atoms with Crippen molar-refractivity contribution >= 4 is 13.8 Å². The molecular formula is C55H101NO7P+. The number of hydrogen-bond acceptors (Lipinski definition) is 6. The molecule has 0 aliphatic heterocycles. The van der Waals surface area contributed by atoms with E-state index in [9.17, 15) is 14.3 Å². The van der Waals surface area contributed by atoms with Crippen LogP contribution in [0.15, 0.2) is 72.9 Å². The van der Waals surface area contributed by atoms with Crippen molar-refractivity contribution in [1.82, 2.24) is 0 Å². The highest BCUT2D eigenvalue weighted by atomic mass is 31.2. The summed E-state index contributed by atoms with van der Waals surface area (Å²) in [6.07, 6.45) is 62.3. The van der Waals surface area contributed by atoms with Crippen molar-refractivity contribution in [1.29, 1.82) is 0 Å². The summed E-state index contributed by atoms with van der Waals surface area (Å²) in [5, 5.41) is 0. The van der Waals surface area contributed by atoms with Crippen molar-refractivity contribution in [2.45, 2.75) is 219 Å². The molecule has 0 heterocycles. The van der Waals surface area contributed by atoms with Gasteiger partial charge in [0.15, 0.2) is 0 Å². The number of phosphoric ester groups is 1. The number of esters is 1. The van der Waals surface area contributed by atoms with E-state index in [1.165, 1.54) is 122 Å². The second-order valence-electron chi connectivity index (χ2n) is 18.5. The zero-order valence-corrected chi connectivity index (χ0v) is 43.1. The lowest BCUT2D eigenvalue weighted by atomic mass is 10.0. The number of hydrogen-bond donors (Lipinski definition) is 1. The van der Waals surface area contributed by atoms with Crippen LogP contribution in [-0.4, -0.2) is 75.6 Å². The highest BCUT2D eigenvalue weighted by Crippen LogP contribution is 2.43. The molecule has 0 saturated carbocycles. The minimum Gasteiger partial charge on any atom is -0.457 e. The van der Waals surface area contributed by atoms with Crippen molar-refractivity contribution < 1.29 is 37.3 Å². The monoisotopic (exact) mass is 919 g/mol. The van der Waals surface area contributed by atoms with Crippen molar-refractivity contribution in [3.63, 3.8) is 0 Å². The Balaban J connectivity index is 4.13. The molecule has 0 aromatic rings. The van der Waals surface area contributed by atoms with Gasteiger partial charge in [-0.15, -0.1) is 0 Å². The molecule has 0 aromatic carbocycles. The summed E-state index contributed by atoms with van der Waals surface area (Å²) in [6, 6.07) is 0. The molecule has 372 valence electrons. The zero-order chi connectivity index (χ0) is 46.9. The van der Waals surface area contributed by atoms with Gasteiger partial charge in [-0.25, -0.2) is 4.57 Å². The number of carbonyl (C=O) groups is 1. The fourth-order valence-electron chi connectivity index (χ4n) is 6.99. The maximum absolute atomic E-state index is 12.8.